The first-order valence-corrected chi connectivity index (χ1v) is 6.08. The molecule has 0 spiro atoms. The largest absolute Gasteiger partial charge is 0.330 e. The Labute approximate surface area is 90.7 Å². The fourth-order valence-electron chi connectivity index (χ4n) is 1.42. The quantitative estimate of drug-likeness (QED) is 0.784. The number of hydrogen-bond acceptors (Lipinski definition) is 3. The topological polar surface area (TPSA) is 29.3 Å². The Bertz CT molecular complexity index is 231. The average Bonchev–Trinajstić information content (AvgIpc) is 2.64. The highest BCUT2D eigenvalue weighted by Crippen LogP contribution is 2.13. The minimum absolute atomic E-state index is 0.601. The maximum absolute atomic E-state index is 5.53. The number of nitrogens with two attached hydrogens (primary N) is 1. The van der Waals surface area contributed by atoms with Crippen molar-refractivity contribution < 1.29 is 0 Å². The van der Waals surface area contributed by atoms with Crippen molar-refractivity contribution in [2.24, 2.45) is 5.73 Å². The normalized spacial score (nSPS) is 11.5. The van der Waals surface area contributed by atoms with Gasteiger partial charge in [-0.25, -0.2) is 0 Å². The molecule has 0 radical (unpaired) electrons. The van der Waals surface area contributed by atoms with Crippen LogP contribution in [0.4, 0.5) is 0 Å². The van der Waals surface area contributed by atoms with Gasteiger partial charge in [0.1, 0.15) is 0 Å². The van der Waals surface area contributed by atoms with E-state index in [9.17, 15) is 0 Å². The molecule has 0 bridgehead atoms. The molecule has 0 atom stereocenters. The summed E-state index contributed by atoms with van der Waals surface area (Å²) in [6.45, 7) is 7.43. The SMILES string of the molecule is CC(C)N(CCCN)Cc1cccs1. The number of thiophene rings is 1. The van der Waals surface area contributed by atoms with E-state index in [2.05, 4.69) is 36.3 Å². The van der Waals surface area contributed by atoms with Crippen LogP contribution < -0.4 is 5.73 Å². The van der Waals surface area contributed by atoms with E-state index in [4.69, 9.17) is 5.73 Å². The van der Waals surface area contributed by atoms with Crippen molar-refractivity contribution in [2.45, 2.75) is 32.9 Å². The predicted molar refractivity (Wildman–Crippen MR) is 63.5 cm³/mol. The first kappa shape index (κ1) is 11.7. The molecular weight excluding hydrogens is 192 g/mol. The average molecular weight is 212 g/mol. The van der Waals surface area contributed by atoms with Gasteiger partial charge in [0, 0.05) is 17.5 Å². The molecule has 0 saturated heterocycles. The molecule has 14 heavy (non-hydrogen) atoms. The fraction of sp³-hybridized carbons (Fsp3) is 0.636. The zero-order valence-electron chi connectivity index (χ0n) is 9.07. The highest BCUT2D eigenvalue weighted by molar-refractivity contribution is 7.09. The molecule has 1 rings (SSSR count). The molecule has 2 N–H and O–H groups in total. The zero-order chi connectivity index (χ0) is 10.4. The molecule has 1 aromatic rings. The van der Waals surface area contributed by atoms with Crippen LogP contribution in [0.5, 0.6) is 0 Å². The van der Waals surface area contributed by atoms with Gasteiger partial charge in [0.2, 0.25) is 0 Å². The van der Waals surface area contributed by atoms with Gasteiger partial charge in [0.05, 0.1) is 0 Å². The molecule has 1 heterocycles. The molecule has 0 fully saturated rings. The summed E-state index contributed by atoms with van der Waals surface area (Å²) in [5, 5.41) is 2.14. The zero-order valence-corrected chi connectivity index (χ0v) is 9.89. The van der Waals surface area contributed by atoms with Crippen LogP contribution in [-0.4, -0.2) is 24.0 Å². The Morgan fingerprint density at radius 3 is 2.79 bits per heavy atom. The maximum Gasteiger partial charge on any atom is 0.0330 e. The summed E-state index contributed by atoms with van der Waals surface area (Å²) in [6.07, 6.45) is 1.09. The van der Waals surface area contributed by atoms with Gasteiger partial charge in [-0.05, 0) is 44.8 Å². The lowest BCUT2D eigenvalue weighted by Gasteiger charge is -2.25. The molecule has 3 heteroatoms. The van der Waals surface area contributed by atoms with Crippen molar-refractivity contribution in [1.82, 2.24) is 4.90 Å². The van der Waals surface area contributed by atoms with Gasteiger partial charge in [0.15, 0.2) is 0 Å². The van der Waals surface area contributed by atoms with Crippen LogP contribution in [0.3, 0.4) is 0 Å². The third-order valence-corrected chi connectivity index (χ3v) is 3.18. The summed E-state index contributed by atoms with van der Waals surface area (Å²) in [6, 6.07) is 4.91. The third-order valence-electron chi connectivity index (χ3n) is 2.32. The van der Waals surface area contributed by atoms with E-state index in [1.165, 1.54) is 4.88 Å². The predicted octanol–water partition coefficient (Wildman–Crippen LogP) is 2.31. The molecule has 0 saturated carbocycles. The standard InChI is InChI=1S/C11H20N2S/c1-10(2)13(7-4-6-12)9-11-5-3-8-14-11/h3,5,8,10H,4,6-7,9,12H2,1-2H3. The number of nitrogens with zero attached hydrogens (tertiary/aromatic N) is 1. The first-order valence-electron chi connectivity index (χ1n) is 5.20. The Hall–Kier alpha value is -0.380. The molecule has 0 amide bonds. The molecule has 1 aromatic heterocycles. The van der Waals surface area contributed by atoms with Crippen LogP contribution in [0.1, 0.15) is 25.1 Å². The lowest BCUT2D eigenvalue weighted by Crippen LogP contribution is -2.32. The summed E-state index contributed by atoms with van der Waals surface area (Å²) in [4.78, 5) is 3.91. The molecule has 0 aliphatic rings. The van der Waals surface area contributed by atoms with E-state index in [0.717, 1.165) is 26.1 Å². The molecule has 0 unspecified atom stereocenters. The van der Waals surface area contributed by atoms with Gasteiger partial charge in [0.25, 0.3) is 0 Å². The van der Waals surface area contributed by atoms with E-state index in [1.807, 2.05) is 11.3 Å². The summed E-state index contributed by atoms with van der Waals surface area (Å²) in [5.74, 6) is 0. The summed E-state index contributed by atoms with van der Waals surface area (Å²) in [7, 11) is 0. The van der Waals surface area contributed by atoms with E-state index in [0.29, 0.717) is 6.04 Å². The third kappa shape index (κ3) is 3.78. The van der Waals surface area contributed by atoms with Crippen LogP contribution in [0.15, 0.2) is 17.5 Å². The van der Waals surface area contributed by atoms with Crippen molar-refractivity contribution in [1.29, 1.82) is 0 Å². The first-order chi connectivity index (χ1) is 6.74. The molecule has 0 aromatic carbocycles. The van der Waals surface area contributed by atoms with Crippen molar-refractivity contribution in [3.63, 3.8) is 0 Å². The van der Waals surface area contributed by atoms with Gasteiger partial charge in [-0.15, -0.1) is 11.3 Å². The van der Waals surface area contributed by atoms with Crippen molar-refractivity contribution in [2.75, 3.05) is 13.1 Å². The molecule has 0 aliphatic carbocycles. The van der Waals surface area contributed by atoms with Gasteiger partial charge in [-0.2, -0.15) is 0 Å². The second kappa shape index (κ2) is 6.17. The lowest BCUT2D eigenvalue weighted by molar-refractivity contribution is 0.213. The smallest absolute Gasteiger partial charge is 0.0330 e. The molecule has 2 nitrogen and oxygen atoms in total. The maximum atomic E-state index is 5.53. The van der Waals surface area contributed by atoms with E-state index in [1.54, 1.807) is 0 Å². The van der Waals surface area contributed by atoms with Crippen LogP contribution in [0, 0.1) is 0 Å². The summed E-state index contributed by atoms with van der Waals surface area (Å²) in [5.41, 5.74) is 5.53. The van der Waals surface area contributed by atoms with Crippen molar-refractivity contribution in [3.8, 4) is 0 Å². The summed E-state index contributed by atoms with van der Waals surface area (Å²) >= 11 is 1.83. The minimum Gasteiger partial charge on any atom is -0.330 e. The highest BCUT2D eigenvalue weighted by Gasteiger charge is 2.09. The second-order valence-electron chi connectivity index (χ2n) is 3.79. The Balaban J connectivity index is 2.43. The van der Waals surface area contributed by atoms with Crippen LogP contribution in [0.2, 0.25) is 0 Å². The van der Waals surface area contributed by atoms with Crippen LogP contribution in [0.25, 0.3) is 0 Å². The number of rotatable bonds is 6. The van der Waals surface area contributed by atoms with Crippen LogP contribution in [-0.2, 0) is 6.54 Å². The number of hydrogen-bond donors (Lipinski definition) is 1. The van der Waals surface area contributed by atoms with Gasteiger partial charge in [-0.1, -0.05) is 6.07 Å². The Kier molecular flexibility index (Phi) is 5.15. The Morgan fingerprint density at radius 2 is 2.29 bits per heavy atom. The Morgan fingerprint density at radius 1 is 1.50 bits per heavy atom. The van der Waals surface area contributed by atoms with E-state index < -0.39 is 0 Å². The van der Waals surface area contributed by atoms with E-state index >= 15 is 0 Å². The van der Waals surface area contributed by atoms with E-state index in [-0.39, 0.29) is 0 Å². The highest BCUT2D eigenvalue weighted by atomic mass is 32.1. The van der Waals surface area contributed by atoms with Gasteiger partial charge < -0.3 is 5.73 Å². The lowest BCUT2D eigenvalue weighted by atomic mass is 10.2. The monoisotopic (exact) mass is 212 g/mol. The summed E-state index contributed by atoms with van der Waals surface area (Å²) < 4.78 is 0. The van der Waals surface area contributed by atoms with Crippen molar-refractivity contribution in [3.05, 3.63) is 22.4 Å². The fourth-order valence-corrected chi connectivity index (χ4v) is 2.15. The molecule has 0 aliphatic heterocycles. The molecule has 80 valence electrons. The second-order valence-corrected chi connectivity index (χ2v) is 4.82. The van der Waals surface area contributed by atoms with Gasteiger partial charge in [-0.3, -0.25) is 4.90 Å². The van der Waals surface area contributed by atoms with Crippen LogP contribution >= 0.6 is 11.3 Å². The van der Waals surface area contributed by atoms with Crippen molar-refractivity contribution >= 4 is 11.3 Å². The minimum atomic E-state index is 0.601. The van der Waals surface area contributed by atoms with Gasteiger partial charge >= 0.3 is 0 Å². The molecular formula is C11H20N2S.